The Kier molecular flexibility index (Phi) is 6.29. The van der Waals surface area contributed by atoms with Gasteiger partial charge in [0.25, 0.3) is 0 Å². The second-order valence-corrected chi connectivity index (χ2v) is 6.88. The van der Waals surface area contributed by atoms with Crippen molar-refractivity contribution < 1.29 is 19.0 Å². The molecule has 0 aromatic heterocycles. The molecule has 1 saturated heterocycles. The summed E-state index contributed by atoms with van der Waals surface area (Å²) < 4.78 is 16.3. The highest BCUT2D eigenvalue weighted by Gasteiger charge is 2.32. The second-order valence-electron chi connectivity index (χ2n) is 6.88. The Morgan fingerprint density at radius 2 is 1.82 bits per heavy atom. The van der Waals surface area contributed by atoms with E-state index in [1.165, 1.54) is 0 Å². The molecule has 1 heterocycles. The third-order valence-corrected chi connectivity index (χ3v) is 5.24. The van der Waals surface area contributed by atoms with Crippen molar-refractivity contribution in [2.45, 2.75) is 18.9 Å². The molecule has 6 nitrogen and oxygen atoms in total. The zero-order chi connectivity index (χ0) is 20.1. The maximum atomic E-state index is 13.1. The Morgan fingerprint density at radius 3 is 2.54 bits per heavy atom. The molecule has 1 atom stereocenters. The summed E-state index contributed by atoms with van der Waals surface area (Å²) >= 11 is 0. The molecule has 1 aliphatic rings. The highest BCUT2D eigenvalue weighted by molar-refractivity contribution is 5.83. The average Bonchev–Trinajstić information content (AvgIpc) is 3.23. The van der Waals surface area contributed by atoms with E-state index in [0.717, 1.165) is 47.9 Å². The number of hydrogen-bond donors (Lipinski definition) is 0. The average molecular weight is 384 g/mol. The molecule has 1 fully saturated rings. The van der Waals surface area contributed by atoms with Crippen LogP contribution in [0.15, 0.2) is 42.5 Å². The number of carbonyl (C=O) groups excluding carboxylic acids is 1. The second kappa shape index (κ2) is 8.87. The molecule has 1 unspecified atom stereocenters. The van der Waals surface area contributed by atoms with Gasteiger partial charge in [0, 0.05) is 19.2 Å². The van der Waals surface area contributed by atoms with Crippen molar-refractivity contribution in [2.75, 3.05) is 46.4 Å². The van der Waals surface area contributed by atoms with Crippen LogP contribution in [0, 0.1) is 0 Å². The van der Waals surface area contributed by atoms with Crippen LogP contribution in [-0.2, 0) is 4.79 Å². The van der Waals surface area contributed by atoms with E-state index in [1.54, 1.807) is 21.3 Å². The highest BCUT2D eigenvalue weighted by atomic mass is 16.5. The van der Waals surface area contributed by atoms with Crippen LogP contribution in [-0.4, -0.2) is 52.3 Å². The van der Waals surface area contributed by atoms with Gasteiger partial charge in [0.1, 0.15) is 17.2 Å². The van der Waals surface area contributed by atoms with Gasteiger partial charge in [-0.1, -0.05) is 12.1 Å². The molecule has 3 rings (SSSR count). The number of nitrogens with zero attached hydrogens (tertiary/aromatic N) is 2. The number of ether oxygens (including phenoxy) is 3. The van der Waals surface area contributed by atoms with Gasteiger partial charge in [0.05, 0.1) is 39.6 Å². The first kappa shape index (κ1) is 19.9. The number of para-hydroxylation sites is 2. The van der Waals surface area contributed by atoms with E-state index < -0.39 is 0 Å². The van der Waals surface area contributed by atoms with Crippen molar-refractivity contribution in [3.05, 3.63) is 48.0 Å². The molecule has 6 heteroatoms. The number of rotatable bonds is 7. The molecule has 2 aromatic rings. The van der Waals surface area contributed by atoms with Crippen molar-refractivity contribution >= 4 is 11.6 Å². The van der Waals surface area contributed by atoms with E-state index in [-0.39, 0.29) is 18.5 Å². The van der Waals surface area contributed by atoms with Crippen molar-refractivity contribution in [3.63, 3.8) is 0 Å². The number of likely N-dealkylation sites (N-methyl/N-ethyl adjacent to an activating group) is 1. The topological polar surface area (TPSA) is 51.2 Å². The largest absolute Gasteiger partial charge is 0.497 e. The third kappa shape index (κ3) is 4.01. The summed E-state index contributed by atoms with van der Waals surface area (Å²) in [4.78, 5) is 17.0. The minimum absolute atomic E-state index is 0.0105. The standard InChI is InChI=1S/C22H28N2O4/c1-23(19-8-5-6-10-21(19)28-4)15-22(25)24-13-7-9-18(24)17-14-16(26-2)11-12-20(17)27-3/h5-6,8,10-12,14,18H,7,9,13,15H2,1-4H3. The lowest BCUT2D eigenvalue weighted by molar-refractivity contribution is -0.130. The Hall–Kier alpha value is -2.89. The summed E-state index contributed by atoms with van der Waals surface area (Å²) in [6.07, 6.45) is 1.88. The minimum atomic E-state index is -0.0105. The predicted octanol–water partition coefficient (Wildman–Crippen LogP) is 3.51. The van der Waals surface area contributed by atoms with E-state index in [2.05, 4.69) is 0 Å². The van der Waals surface area contributed by atoms with Gasteiger partial charge >= 0.3 is 0 Å². The molecule has 1 amide bonds. The SMILES string of the molecule is COc1ccc(OC)c(C2CCCN2C(=O)CN(C)c2ccccc2OC)c1. The fourth-order valence-corrected chi connectivity index (χ4v) is 3.81. The molecular formula is C22H28N2O4. The molecule has 0 saturated carbocycles. The first-order valence-corrected chi connectivity index (χ1v) is 9.44. The van der Waals surface area contributed by atoms with Crippen molar-refractivity contribution in [1.82, 2.24) is 4.90 Å². The van der Waals surface area contributed by atoms with Crippen LogP contribution in [0.25, 0.3) is 0 Å². The van der Waals surface area contributed by atoms with Crippen LogP contribution in [0.5, 0.6) is 17.2 Å². The van der Waals surface area contributed by atoms with Crippen molar-refractivity contribution in [2.24, 2.45) is 0 Å². The summed E-state index contributed by atoms with van der Waals surface area (Å²) in [6, 6.07) is 13.5. The number of methoxy groups -OCH3 is 3. The van der Waals surface area contributed by atoms with Gasteiger partial charge in [0.2, 0.25) is 5.91 Å². The maximum absolute atomic E-state index is 13.1. The summed E-state index contributed by atoms with van der Waals surface area (Å²) in [5.74, 6) is 2.39. The van der Waals surface area contributed by atoms with E-state index in [9.17, 15) is 4.79 Å². The van der Waals surface area contributed by atoms with Crippen LogP contribution in [0.4, 0.5) is 5.69 Å². The van der Waals surface area contributed by atoms with Gasteiger partial charge in [-0.05, 0) is 43.2 Å². The monoisotopic (exact) mass is 384 g/mol. The number of likely N-dealkylation sites (tertiary alicyclic amines) is 1. The van der Waals surface area contributed by atoms with Gasteiger partial charge in [-0.25, -0.2) is 0 Å². The molecule has 0 N–H and O–H groups in total. The first-order valence-electron chi connectivity index (χ1n) is 9.44. The van der Waals surface area contributed by atoms with Gasteiger partial charge in [-0.2, -0.15) is 0 Å². The highest BCUT2D eigenvalue weighted by Crippen LogP contribution is 2.39. The zero-order valence-electron chi connectivity index (χ0n) is 17.0. The van der Waals surface area contributed by atoms with Crippen LogP contribution in [0.1, 0.15) is 24.4 Å². The number of carbonyl (C=O) groups is 1. The van der Waals surface area contributed by atoms with Gasteiger partial charge in [0.15, 0.2) is 0 Å². The molecule has 0 radical (unpaired) electrons. The molecule has 150 valence electrons. The summed E-state index contributed by atoms with van der Waals surface area (Å²) in [5, 5.41) is 0. The number of amides is 1. The minimum Gasteiger partial charge on any atom is -0.497 e. The Balaban J connectivity index is 1.80. The quantitative estimate of drug-likeness (QED) is 0.731. The lowest BCUT2D eigenvalue weighted by Crippen LogP contribution is -2.38. The molecule has 0 aliphatic carbocycles. The summed E-state index contributed by atoms with van der Waals surface area (Å²) in [6.45, 7) is 1.02. The van der Waals surface area contributed by atoms with Crippen LogP contribution in [0.2, 0.25) is 0 Å². The lowest BCUT2D eigenvalue weighted by atomic mass is 10.0. The molecule has 0 spiro atoms. The molecule has 2 aromatic carbocycles. The zero-order valence-corrected chi connectivity index (χ0v) is 17.0. The number of benzene rings is 2. The predicted molar refractivity (Wildman–Crippen MR) is 109 cm³/mol. The van der Waals surface area contributed by atoms with Crippen LogP contribution >= 0.6 is 0 Å². The van der Waals surface area contributed by atoms with Crippen molar-refractivity contribution in [1.29, 1.82) is 0 Å². The van der Waals surface area contributed by atoms with Gasteiger partial charge in [-0.3, -0.25) is 4.79 Å². The van der Waals surface area contributed by atoms with Crippen molar-refractivity contribution in [3.8, 4) is 17.2 Å². The fourth-order valence-electron chi connectivity index (χ4n) is 3.81. The molecular weight excluding hydrogens is 356 g/mol. The van der Waals surface area contributed by atoms with E-state index in [4.69, 9.17) is 14.2 Å². The Morgan fingerprint density at radius 1 is 1.07 bits per heavy atom. The van der Waals surface area contributed by atoms with E-state index in [1.807, 2.05) is 59.3 Å². The fraction of sp³-hybridized carbons (Fsp3) is 0.409. The molecule has 1 aliphatic heterocycles. The van der Waals surface area contributed by atoms with Gasteiger partial charge < -0.3 is 24.0 Å². The van der Waals surface area contributed by atoms with Gasteiger partial charge in [-0.15, -0.1) is 0 Å². The van der Waals surface area contributed by atoms with Crippen LogP contribution < -0.4 is 19.1 Å². The molecule has 28 heavy (non-hydrogen) atoms. The van der Waals surface area contributed by atoms with E-state index in [0.29, 0.717) is 0 Å². The van der Waals surface area contributed by atoms with E-state index >= 15 is 0 Å². The summed E-state index contributed by atoms with van der Waals surface area (Å²) in [5.41, 5.74) is 1.89. The lowest BCUT2D eigenvalue weighted by Gasteiger charge is -2.29. The summed E-state index contributed by atoms with van der Waals surface area (Å²) in [7, 11) is 6.85. The maximum Gasteiger partial charge on any atom is 0.242 e. The van der Waals surface area contributed by atoms with Crippen LogP contribution in [0.3, 0.4) is 0 Å². The third-order valence-electron chi connectivity index (χ3n) is 5.24. The Labute approximate surface area is 166 Å². The molecule has 0 bridgehead atoms. The first-order chi connectivity index (χ1) is 13.6. The normalized spacial score (nSPS) is 16.0. The number of hydrogen-bond acceptors (Lipinski definition) is 5. The number of anilines is 1. The Bertz CT molecular complexity index is 824. The smallest absolute Gasteiger partial charge is 0.242 e.